The van der Waals surface area contributed by atoms with Gasteiger partial charge in [-0.1, -0.05) is 0 Å². The maximum absolute atomic E-state index is 12.0. The molecule has 1 rings (SSSR count). The minimum absolute atomic E-state index is 0.134. The highest BCUT2D eigenvalue weighted by atomic mass is 16.6. The molecule has 0 amide bonds. The number of carbonyl (C=O) groups excluding carboxylic acids is 4. The number of esters is 3. The van der Waals surface area contributed by atoms with Crippen molar-refractivity contribution in [2.75, 3.05) is 14.2 Å². The van der Waals surface area contributed by atoms with E-state index in [9.17, 15) is 19.2 Å². The Kier molecular flexibility index (Phi) is 4.85. The van der Waals surface area contributed by atoms with Crippen LogP contribution in [0.15, 0.2) is 12.1 Å². The van der Waals surface area contributed by atoms with Gasteiger partial charge in [-0.25, -0.2) is 9.59 Å². The number of H-pyrrole nitrogens is 1. The first-order valence-corrected chi connectivity index (χ1v) is 5.86. The fourth-order valence-corrected chi connectivity index (χ4v) is 1.75. The number of carbonyl (C=O) groups is 4. The zero-order chi connectivity index (χ0) is 16.2. The molecule has 0 aromatic carbocycles. The molecule has 1 aromatic rings. The third-order valence-corrected chi connectivity index (χ3v) is 2.69. The molecule has 0 unspecified atom stereocenters. The molecule has 114 valence electrons. The largest absolute Gasteiger partial charge is 0.465 e. The summed E-state index contributed by atoms with van der Waals surface area (Å²) >= 11 is 0. The first kappa shape index (κ1) is 16.4. The maximum atomic E-state index is 12.0. The van der Waals surface area contributed by atoms with Crippen molar-refractivity contribution in [3.05, 3.63) is 23.5 Å². The number of nitrogens with one attached hydrogen (secondary N) is 1. The van der Waals surface area contributed by atoms with Crippen LogP contribution in [0.1, 0.15) is 30.0 Å². The van der Waals surface area contributed by atoms with Crippen LogP contribution in [0.2, 0.25) is 0 Å². The molecular formula is C13H15NO7. The standard InChI is InChI=1S/C13H15NO7/c1-7(15)9-5-6-10(14-9)13(11(17)19-3,12(18)20-4)21-8(2)16/h5-6,14H,1-4H3. The molecule has 1 aromatic heterocycles. The molecule has 0 bridgehead atoms. The molecule has 0 saturated heterocycles. The number of methoxy groups -OCH3 is 2. The van der Waals surface area contributed by atoms with Gasteiger partial charge in [0.25, 0.3) is 0 Å². The summed E-state index contributed by atoms with van der Waals surface area (Å²) in [6, 6.07) is 2.62. The Morgan fingerprint density at radius 1 is 1.00 bits per heavy atom. The third-order valence-electron chi connectivity index (χ3n) is 2.69. The number of aromatic amines is 1. The van der Waals surface area contributed by atoms with Gasteiger partial charge in [0.2, 0.25) is 0 Å². The fraction of sp³-hybridized carbons (Fsp3) is 0.385. The van der Waals surface area contributed by atoms with Gasteiger partial charge in [-0.05, 0) is 12.1 Å². The lowest BCUT2D eigenvalue weighted by Gasteiger charge is -2.26. The Morgan fingerprint density at radius 2 is 1.52 bits per heavy atom. The van der Waals surface area contributed by atoms with Crippen molar-refractivity contribution in [3.63, 3.8) is 0 Å². The van der Waals surface area contributed by atoms with Crippen LogP contribution in [-0.4, -0.2) is 42.9 Å². The summed E-state index contributed by atoms with van der Waals surface area (Å²) in [5.74, 6) is -3.53. The third kappa shape index (κ3) is 2.93. The zero-order valence-corrected chi connectivity index (χ0v) is 12.0. The van der Waals surface area contributed by atoms with E-state index in [-0.39, 0.29) is 17.2 Å². The molecule has 1 N–H and O–H groups in total. The van der Waals surface area contributed by atoms with Crippen molar-refractivity contribution in [3.8, 4) is 0 Å². The monoisotopic (exact) mass is 297 g/mol. The van der Waals surface area contributed by atoms with E-state index in [1.54, 1.807) is 0 Å². The average Bonchev–Trinajstić information content (AvgIpc) is 2.92. The van der Waals surface area contributed by atoms with E-state index >= 15 is 0 Å². The van der Waals surface area contributed by atoms with Gasteiger partial charge in [0.1, 0.15) is 0 Å². The quantitative estimate of drug-likeness (QED) is 0.360. The summed E-state index contributed by atoms with van der Waals surface area (Å²) in [4.78, 5) is 49.3. The van der Waals surface area contributed by atoms with Gasteiger partial charge in [-0.2, -0.15) is 0 Å². The van der Waals surface area contributed by atoms with E-state index in [1.165, 1.54) is 19.1 Å². The topological polar surface area (TPSA) is 112 Å². The normalized spacial score (nSPS) is 10.7. The smallest absolute Gasteiger partial charge is 0.368 e. The Morgan fingerprint density at radius 3 is 1.86 bits per heavy atom. The number of hydrogen-bond acceptors (Lipinski definition) is 7. The SMILES string of the molecule is COC(=O)C(OC(C)=O)(C(=O)OC)c1ccc(C(C)=O)[nH]1. The predicted octanol–water partition coefficient (Wildman–Crippen LogP) is 0.322. The van der Waals surface area contributed by atoms with Gasteiger partial charge in [0.05, 0.1) is 25.6 Å². The fourth-order valence-electron chi connectivity index (χ4n) is 1.75. The van der Waals surface area contributed by atoms with Crippen molar-refractivity contribution in [2.24, 2.45) is 0 Å². The molecule has 0 spiro atoms. The highest BCUT2D eigenvalue weighted by molar-refractivity contribution is 6.06. The van der Waals surface area contributed by atoms with Crippen molar-refractivity contribution in [1.29, 1.82) is 0 Å². The Labute approximate surface area is 120 Å². The number of aromatic nitrogens is 1. The zero-order valence-electron chi connectivity index (χ0n) is 12.0. The molecule has 0 atom stereocenters. The summed E-state index contributed by atoms with van der Waals surface area (Å²) in [6.07, 6.45) is 0. The van der Waals surface area contributed by atoms with Gasteiger partial charge in [-0.3, -0.25) is 9.59 Å². The molecule has 8 nitrogen and oxygen atoms in total. The van der Waals surface area contributed by atoms with E-state index in [2.05, 4.69) is 14.5 Å². The van der Waals surface area contributed by atoms with Crippen LogP contribution in [0.5, 0.6) is 0 Å². The Balaban J connectivity index is 3.52. The molecule has 8 heteroatoms. The van der Waals surface area contributed by atoms with Crippen molar-refractivity contribution in [2.45, 2.75) is 19.4 Å². The second-order valence-corrected chi connectivity index (χ2v) is 4.10. The second kappa shape index (κ2) is 6.21. The van der Waals surface area contributed by atoms with E-state index in [0.717, 1.165) is 21.1 Å². The first-order valence-electron chi connectivity index (χ1n) is 5.86. The van der Waals surface area contributed by atoms with Crippen LogP contribution >= 0.6 is 0 Å². The molecule has 1 heterocycles. The van der Waals surface area contributed by atoms with Gasteiger partial charge in [0.15, 0.2) is 5.78 Å². The van der Waals surface area contributed by atoms with Crippen molar-refractivity contribution >= 4 is 23.7 Å². The summed E-state index contributed by atoms with van der Waals surface area (Å²) in [6.45, 7) is 2.31. The van der Waals surface area contributed by atoms with Crippen LogP contribution in [0.4, 0.5) is 0 Å². The van der Waals surface area contributed by atoms with Gasteiger partial charge in [-0.15, -0.1) is 0 Å². The molecule has 0 fully saturated rings. The highest BCUT2D eigenvalue weighted by Gasteiger charge is 2.55. The molecule has 0 aliphatic heterocycles. The van der Waals surface area contributed by atoms with E-state index in [4.69, 9.17) is 4.74 Å². The molecule has 0 aliphatic rings. The summed E-state index contributed by atoms with van der Waals surface area (Å²) < 4.78 is 14.0. The second-order valence-electron chi connectivity index (χ2n) is 4.10. The van der Waals surface area contributed by atoms with E-state index < -0.39 is 23.5 Å². The molecule has 0 saturated carbocycles. The van der Waals surface area contributed by atoms with Crippen molar-refractivity contribution < 1.29 is 33.4 Å². The van der Waals surface area contributed by atoms with Crippen LogP contribution in [-0.2, 0) is 34.2 Å². The van der Waals surface area contributed by atoms with Crippen LogP contribution in [0, 0.1) is 0 Å². The Hall–Kier alpha value is -2.64. The van der Waals surface area contributed by atoms with Gasteiger partial charge in [0, 0.05) is 13.8 Å². The maximum Gasteiger partial charge on any atom is 0.368 e. The van der Waals surface area contributed by atoms with Crippen LogP contribution in [0.25, 0.3) is 0 Å². The molecule has 0 radical (unpaired) electrons. The number of rotatable bonds is 5. The molecule has 21 heavy (non-hydrogen) atoms. The number of ketones is 1. The molecular weight excluding hydrogens is 282 g/mol. The van der Waals surface area contributed by atoms with Gasteiger partial charge < -0.3 is 19.2 Å². The van der Waals surface area contributed by atoms with Crippen LogP contribution in [0.3, 0.4) is 0 Å². The predicted molar refractivity (Wildman–Crippen MR) is 68.3 cm³/mol. The number of hydrogen-bond donors (Lipinski definition) is 1. The Bertz CT molecular complexity index is 571. The van der Waals surface area contributed by atoms with E-state index in [1.807, 2.05) is 0 Å². The minimum Gasteiger partial charge on any atom is -0.465 e. The van der Waals surface area contributed by atoms with Crippen LogP contribution < -0.4 is 0 Å². The summed E-state index contributed by atoms with van der Waals surface area (Å²) in [5.41, 5.74) is -2.45. The van der Waals surface area contributed by atoms with Gasteiger partial charge >= 0.3 is 23.5 Å². The van der Waals surface area contributed by atoms with Crippen molar-refractivity contribution in [1.82, 2.24) is 4.98 Å². The van der Waals surface area contributed by atoms with E-state index in [0.29, 0.717) is 0 Å². The molecule has 0 aliphatic carbocycles. The first-order chi connectivity index (χ1) is 9.79. The highest BCUT2D eigenvalue weighted by Crippen LogP contribution is 2.29. The minimum atomic E-state index is -2.44. The number of Topliss-reactive ketones (excluding diaryl/α,β-unsaturated/α-hetero) is 1. The average molecular weight is 297 g/mol. The lowest BCUT2D eigenvalue weighted by Crippen LogP contribution is -2.49. The lowest BCUT2D eigenvalue weighted by atomic mass is 10.00. The summed E-state index contributed by atoms with van der Waals surface area (Å²) in [7, 11) is 2.05. The summed E-state index contributed by atoms with van der Waals surface area (Å²) in [5, 5.41) is 0. The number of ether oxygens (including phenoxy) is 3. The lowest BCUT2D eigenvalue weighted by molar-refractivity contribution is -0.195.